The zero-order chi connectivity index (χ0) is 15.0. The molecule has 114 valence electrons. The van der Waals surface area contributed by atoms with Gasteiger partial charge in [-0.1, -0.05) is 6.07 Å². The first kappa shape index (κ1) is 14.0. The molecule has 0 aliphatic carbocycles. The van der Waals surface area contributed by atoms with Crippen LogP contribution in [0.3, 0.4) is 0 Å². The Kier molecular flexibility index (Phi) is 3.54. The molecule has 4 heterocycles. The zero-order valence-corrected chi connectivity index (χ0v) is 13.5. The maximum atomic E-state index is 12.2. The molecule has 2 aliphatic rings. The van der Waals surface area contributed by atoms with E-state index in [0.717, 1.165) is 25.3 Å². The first-order valence-electron chi connectivity index (χ1n) is 7.13. The lowest BCUT2D eigenvalue weighted by Gasteiger charge is -2.47. The van der Waals surface area contributed by atoms with Crippen molar-refractivity contribution in [3.05, 3.63) is 41.0 Å². The van der Waals surface area contributed by atoms with Crippen LogP contribution in [0.1, 0.15) is 16.9 Å². The molecule has 1 spiro atoms. The minimum Gasteiger partial charge on any atom is -0.473 e. The standard InChI is InChI=1S/C15H15N3O2S2/c19-14(12-7-21-10-17-12)18-8-15(9-18)5-11(6-22-15)20-13-3-1-2-4-16-13/h1-4,7,10-11H,5-6,8-9H2. The number of nitrogens with zero attached hydrogens (tertiary/aromatic N) is 3. The second-order valence-electron chi connectivity index (χ2n) is 5.64. The van der Waals surface area contributed by atoms with Gasteiger partial charge >= 0.3 is 0 Å². The summed E-state index contributed by atoms with van der Waals surface area (Å²) in [6, 6.07) is 5.69. The van der Waals surface area contributed by atoms with Crippen LogP contribution in [0.2, 0.25) is 0 Å². The maximum absolute atomic E-state index is 12.2. The van der Waals surface area contributed by atoms with Crippen LogP contribution < -0.4 is 4.74 Å². The molecule has 2 saturated heterocycles. The molecule has 4 rings (SSSR count). The van der Waals surface area contributed by atoms with E-state index in [1.165, 1.54) is 11.3 Å². The summed E-state index contributed by atoms with van der Waals surface area (Å²) in [6.07, 6.45) is 2.89. The highest BCUT2D eigenvalue weighted by molar-refractivity contribution is 8.01. The highest BCUT2D eigenvalue weighted by atomic mass is 32.2. The molecule has 1 unspecified atom stereocenters. The average molecular weight is 333 g/mol. The first-order valence-corrected chi connectivity index (χ1v) is 9.06. The van der Waals surface area contributed by atoms with Crippen molar-refractivity contribution < 1.29 is 9.53 Å². The fourth-order valence-corrected chi connectivity index (χ4v) is 5.01. The van der Waals surface area contributed by atoms with Gasteiger partial charge in [0.1, 0.15) is 11.8 Å². The van der Waals surface area contributed by atoms with Crippen molar-refractivity contribution in [2.75, 3.05) is 18.8 Å². The summed E-state index contributed by atoms with van der Waals surface area (Å²) in [5.74, 6) is 1.68. The Balaban J connectivity index is 1.33. The number of ether oxygens (including phenoxy) is 1. The third-order valence-corrected chi connectivity index (χ3v) is 6.16. The SMILES string of the molecule is O=C(c1cscn1)N1CC2(CC(Oc3ccccn3)CS2)C1. The lowest BCUT2D eigenvalue weighted by atomic mass is 9.92. The van der Waals surface area contributed by atoms with Crippen LogP contribution in [0.4, 0.5) is 0 Å². The normalized spacial score (nSPS) is 22.5. The summed E-state index contributed by atoms with van der Waals surface area (Å²) >= 11 is 3.37. The van der Waals surface area contributed by atoms with E-state index in [4.69, 9.17) is 4.74 Å². The Bertz CT molecular complexity index is 657. The second kappa shape index (κ2) is 5.55. The van der Waals surface area contributed by atoms with Crippen molar-refractivity contribution in [1.29, 1.82) is 0 Å². The van der Waals surface area contributed by atoms with Crippen molar-refractivity contribution in [2.45, 2.75) is 17.3 Å². The van der Waals surface area contributed by atoms with E-state index in [0.29, 0.717) is 11.6 Å². The van der Waals surface area contributed by atoms with Gasteiger partial charge in [-0.3, -0.25) is 4.79 Å². The molecule has 0 radical (unpaired) electrons. The lowest BCUT2D eigenvalue weighted by molar-refractivity contribution is 0.0511. The summed E-state index contributed by atoms with van der Waals surface area (Å²) in [4.78, 5) is 22.4. The second-order valence-corrected chi connectivity index (χ2v) is 7.85. The van der Waals surface area contributed by atoms with E-state index in [-0.39, 0.29) is 16.8 Å². The summed E-state index contributed by atoms with van der Waals surface area (Å²) in [7, 11) is 0. The number of thioether (sulfide) groups is 1. The minimum absolute atomic E-state index is 0.0431. The van der Waals surface area contributed by atoms with Gasteiger partial charge in [-0.2, -0.15) is 0 Å². The van der Waals surface area contributed by atoms with Crippen LogP contribution in [-0.4, -0.2) is 50.5 Å². The summed E-state index contributed by atoms with van der Waals surface area (Å²) < 4.78 is 6.09. The topological polar surface area (TPSA) is 55.3 Å². The molecule has 22 heavy (non-hydrogen) atoms. The highest BCUT2D eigenvalue weighted by Gasteiger charge is 2.51. The number of hydrogen-bond acceptors (Lipinski definition) is 6. The fourth-order valence-electron chi connectivity index (χ4n) is 2.96. The third-order valence-electron chi connectivity index (χ3n) is 4.00. The van der Waals surface area contributed by atoms with E-state index in [9.17, 15) is 4.79 Å². The van der Waals surface area contributed by atoms with E-state index >= 15 is 0 Å². The number of amides is 1. The minimum atomic E-state index is 0.0431. The van der Waals surface area contributed by atoms with E-state index in [1.807, 2.05) is 40.2 Å². The number of carbonyl (C=O) groups is 1. The molecule has 0 aromatic carbocycles. The Hall–Kier alpha value is -1.60. The Labute approximate surface area is 136 Å². The summed E-state index contributed by atoms with van der Waals surface area (Å²) in [5, 5.41) is 1.81. The highest BCUT2D eigenvalue weighted by Crippen LogP contribution is 2.46. The van der Waals surface area contributed by atoms with E-state index in [2.05, 4.69) is 9.97 Å². The number of likely N-dealkylation sites (tertiary alicyclic amines) is 1. The molecule has 0 saturated carbocycles. The van der Waals surface area contributed by atoms with Gasteiger partial charge in [0.2, 0.25) is 5.88 Å². The molecule has 2 fully saturated rings. The zero-order valence-electron chi connectivity index (χ0n) is 11.8. The molecular weight excluding hydrogens is 318 g/mol. The van der Waals surface area contributed by atoms with Crippen molar-refractivity contribution >= 4 is 29.0 Å². The smallest absolute Gasteiger partial charge is 0.273 e. The van der Waals surface area contributed by atoms with Crippen LogP contribution >= 0.6 is 23.1 Å². The fraction of sp³-hybridized carbons (Fsp3) is 0.400. The molecule has 1 atom stereocenters. The number of rotatable bonds is 3. The van der Waals surface area contributed by atoms with Crippen LogP contribution in [0.25, 0.3) is 0 Å². The van der Waals surface area contributed by atoms with Crippen LogP contribution in [0.5, 0.6) is 5.88 Å². The Morgan fingerprint density at radius 2 is 2.27 bits per heavy atom. The van der Waals surface area contributed by atoms with Crippen LogP contribution in [0.15, 0.2) is 35.3 Å². The maximum Gasteiger partial charge on any atom is 0.273 e. The van der Waals surface area contributed by atoms with Gasteiger partial charge in [0, 0.05) is 42.9 Å². The van der Waals surface area contributed by atoms with Gasteiger partial charge in [0.15, 0.2) is 0 Å². The van der Waals surface area contributed by atoms with Gasteiger partial charge in [-0.05, 0) is 6.07 Å². The van der Waals surface area contributed by atoms with Gasteiger partial charge < -0.3 is 9.64 Å². The van der Waals surface area contributed by atoms with Crippen molar-refractivity contribution in [1.82, 2.24) is 14.9 Å². The largest absolute Gasteiger partial charge is 0.473 e. The predicted octanol–water partition coefficient (Wildman–Crippen LogP) is 2.32. The molecule has 0 N–H and O–H groups in total. The van der Waals surface area contributed by atoms with Crippen molar-refractivity contribution in [3.8, 4) is 5.88 Å². The summed E-state index contributed by atoms with van der Waals surface area (Å²) in [6.45, 7) is 1.58. The van der Waals surface area contributed by atoms with Gasteiger partial charge in [-0.25, -0.2) is 9.97 Å². The molecule has 0 bridgehead atoms. The molecule has 5 nitrogen and oxygen atoms in total. The van der Waals surface area contributed by atoms with Gasteiger partial charge in [0.25, 0.3) is 5.91 Å². The number of thiazole rings is 1. The van der Waals surface area contributed by atoms with Crippen LogP contribution in [0, 0.1) is 0 Å². The monoisotopic (exact) mass is 333 g/mol. The number of carbonyl (C=O) groups excluding carboxylic acids is 1. The average Bonchev–Trinajstić information content (AvgIpc) is 3.16. The van der Waals surface area contributed by atoms with Crippen LogP contribution in [-0.2, 0) is 0 Å². The van der Waals surface area contributed by atoms with E-state index in [1.54, 1.807) is 11.7 Å². The summed E-state index contributed by atoms with van der Waals surface area (Å²) in [5.41, 5.74) is 2.26. The number of pyridine rings is 1. The Morgan fingerprint density at radius 3 is 3.00 bits per heavy atom. The van der Waals surface area contributed by atoms with Gasteiger partial charge in [-0.15, -0.1) is 23.1 Å². The number of aromatic nitrogens is 2. The van der Waals surface area contributed by atoms with Crippen molar-refractivity contribution in [2.24, 2.45) is 0 Å². The third kappa shape index (κ3) is 2.59. The van der Waals surface area contributed by atoms with Gasteiger partial charge in [0.05, 0.1) is 10.3 Å². The molecule has 2 aromatic heterocycles. The predicted molar refractivity (Wildman–Crippen MR) is 86.5 cm³/mol. The Morgan fingerprint density at radius 1 is 1.36 bits per heavy atom. The van der Waals surface area contributed by atoms with E-state index < -0.39 is 0 Å². The lowest BCUT2D eigenvalue weighted by Crippen LogP contribution is -2.60. The molecular formula is C15H15N3O2S2. The molecule has 2 aliphatic heterocycles. The number of hydrogen-bond donors (Lipinski definition) is 0. The molecule has 7 heteroatoms. The quantitative estimate of drug-likeness (QED) is 0.863. The molecule has 2 aromatic rings. The molecule has 1 amide bonds. The van der Waals surface area contributed by atoms with Crippen molar-refractivity contribution in [3.63, 3.8) is 0 Å². The first-order chi connectivity index (χ1) is 10.7.